The lowest BCUT2D eigenvalue weighted by molar-refractivity contribution is 0.627. The van der Waals surface area contributed by atoms with E-state index in [1.165, 1.54) is 10.8 Å². The molecule has 0 N–H and O–H groups in total. The highest BCUT2D eigenvalue weighted by Gasteiger charge is 2.00. The van der Waals surface area contributed by atoms with Gasteiger partial charge in [0.1, 0.15) is 0 Å². The lowest BCUT2D eigenvalue weighted by Crippen LogP contribution is -2.20. The second-order valence-corrected chi connectivity index (χ2v) is 2.84. The molecule has 0 spiro atoms. The van der Waals surface area contributed by atoms with Crippen LogP contribution in [0.3, 0.4) is 0 Å². The van der Waals surface area contributed by atoms with Crippen LogP contribution in [0.1, 0.15) is 12.8 Å². The summed E-state index contributed by atoms with van der Waals surface area (Å²) in [5.41, 5.74) is -0.304. The molecule has 1 heterocycles. The number of aromatic nitrogens is 2. The first-order chi connectivity index (χ1) is 6.25. The highest BCUT2D eigenvalue weighted by atomic mass is 35.5. The zero-order chi connectivity index (χ0) is 9.68. The monoisotopic (exact) mass is 197 g/mol. The molecule has 0 amide bonds. The van der Waals surface area contributed by atoms with Gasteiger partial charge in [-0.05, 0) is 6.42 Å². The van der Waals surface area contributed by atoms with Crippen molar-refractivity contribution in [3.8, 4) is 6.07 Å². The Hall–Kier alpha value is -1.34. The second kappa shape index (κ2) is 4.63. The Morgan fingerprint density at radius 2 is 2.46 bits per heavy atom. The first-order valence-electron chi connectivity index (χ1n) is 3.83. The van der Waals surface area contributed by atoms with Crippen molar-refractivity contribution < 1.29 is 0 Å². The summed E-state index contributed by atoms with van der Waals surface area (Å²) >= 11 is 5.52. The highest BCUT2D eigenvalue weighted by Crippen LogP contribution is 1.96. The maximum Gasteiger partial charge on any atom is 0.288 e. The third kappa shape index (κ3) is 2.56. The molecule has 0 aromatic carbocycles. The van der Waals surface area contributed by atoms with Crippen molar-refractivity contribution in [3.05, 3.63) is 27.9 Å². The third-order valence-corrected chi connectivity index (χ3v) is 1.82. The zero-order valence-corrected chi connectivity index (χ0v) is 7.66. The number of nitriles is 1. The van der Waals surface area contributed by atoms with E-state index >= 15 is 0 Å². The second-order valence-electron chi connectivity index (χ2n) is 2.48. The Morgan fingerprint density at radius 1 is 1.69 bits per heavy atom. The van der Waals surface area contributed by atoms with Gasteiger partial charge in [-0.2, -0.15) is 5.26 Å². The van der Waals surface area contributed by atoms with E-state index in [0.717, 1.165) is 0 Å². The van der Waals surface area contributed by atoms with Crippen molar-refractivity contribution in [1.29, 1.82) is 5.26 Å². The van der Waals surface area contributed by atoms with E-state index in [0.29, 0.717) is 19.4 Å². The Bertz CT molecular complexity index is 380. The van der Waals surface area contributed by atoms with Crippen LogP contribution >= 0.6 is 11.6 Å². The van der Waals surface area contributed by atoms with Crippen molar-refractivity contribution >= 4 is 11.6 Å². The topological polar surface area (TPSA) is 58.7 Å². The quantitative estimate of drug-likeness (QED) is 0.685. The van der Waals surface area contributed by atoms with Crippen LogP contribution in [0.4, 0.5) is 0 Å². The molecule has 0 unspecified atom stereocenters. The van der Waals surface area contributed by atoms with Crippen LogP contribution in [0.25, 0.3) is 0 Å². The van der Waals surface area contributed by atoms with Gasteiger partial charge in [-0.1, -0.05) is 11.6 Å². The first kappa shape index (κ1) is 9.75. The summed E-state index contributed by atoms with van der Waals surface area (Å²) in [4.78, 5) is 14.9. The third-order valence-electron chi connectivity index (χ3n) is 1.56. The number of halogens is 1. The first-order valence-corrected chi connectivity index (χ1v) is 4.21. The molecule has 5 heteroatoms. The van der Waals surface area contributed by atoms with Crippen molar-refractivity contribution in [3.63, 3.8) is 0 Å². The molecule has 0 atom stereocenters. The SMILES string of the molecule is N#CCCCn1ccnc(Cl)c1=O. The summed E-state index contributed by atoms with van der Waals surface area (Å²) in [6.45, 7) is 0.509. The van der Waals surface area contributed by atoms with Gasteiger partial charge in [-0.25, -0.2) is 4.98 Å². The highest BCUT2D eigenvalue weighted by molar-refractivity contribution is 6.29. The van der Waals surface area contributed by atoms with Crippen LogP contribution in [0.2, 0.25) is 5.15 Å². The molecule has 0 aliphatic heterocycles. The summed E-state index contributed by atoms with van der Waals surface area (Å²) in [6, 6.07) is 2.01. The molecule has 0 radical (unpaired) electrons. The molecule has 1 aromatic rings. The minimum atomic E-state index is -0.304. The van der Waals surface area contributed by atoms with Gasteiger partial charge in [0.25, 0.3) is 5.56 Å². The molecule has 1 aromatic heterocycles. The van der Waals surface area contributed by atoms with Gasteiger partial charge in [0.2, 0.25) is 0 Å². The van der Waals surface area contributed by atoms with Crippen molar-refractivity contribution in [2.24, 2.45) is 0 Å². The van der Waals surface area contributed by atoms with Crippen LogP contribution in [0.15, 0.2) is 17.2 Å². The number of aryl methyl sites for hydroxylation is 1. The summed E-state index contributed by atoms with van der Waals surface area (Å²) in [5.74, 6) is 0. The predicted molar refractivity (Wildman–Crippen MR) is 48.4 cm³/mol. The Morgan fingerprint density at radius 3 is 3.15 bits per heavy atom. The fraction of sp³-hybridized carbons (Fsp3) is 0.375. The number of hydrogen-bond donors (Lipinski definition) is 0. The fourth-order valence-electron chi connectivity index (χ4n) is 0.925. The van der Waals surface area contributed by atoms with E-state index in [-0.39, 0.29) is 10.7 Å². The molecule has 1 rings (SSSR count). The standard InChI is InChI=1S/C8H8ClN3O/c9-7-8(13)12(6-4-11-7)5-2-1-3-10/h4,6H,1-2,5H2. The van der Waals surface area contributed by atoms with Gasteiger partial charge in [0, 0.05) is 25.4 Å². The van der Waals surface area contributed by atoms with E-state index in [2.05, 4.69) is 4.98 Å². The molecule has 68 valence electrons. The Labute approximate surface area is 80.4 Å². The van der Waals surface area contributed by atoms with Crippen molar-refractivity contribution in [2.75, 3.05) is 0 Å². The van der Waals surface area contributed by atoms with Crippen LogP contribution < -0.4 is 5.56 Å². The molecular weight excluding hydrogens is 190 g/mol. The van der Waals surface area contributed by atoms with Gasteiger partial charge in [0.05, 0.1) is 6.07 Å². The van der Waals surface area contributed by atoms with Crippen molar-refractivity contribution in [2.45, 2.75) is 19.4 Å². The lowest BCUT2D eigenvalue weighted by Gasteiger charge is -2.02. The number of nitrogens with zero attached hydrogens (tertiary/aromatic N) is 3. The largest absolute Gasteiger partial charge is 0.311 e. The van der Waals surface area contributed by atoms with E-state index in [4.69, 9.17) is 16.9 Å². The molecule has 0 saturated carbocycles. The van der Waals surface area contributed by atoms with Crippen LogP contribution in [0.5, 0.6) is 0 Å². The normalized spacial score (nSPS) is 9.54. The van der Waals surface area contributed by atoms with E-state index < -0.39 is 0 Å². The fourth-order valence-corrected chi connectivity index (χ4v) is 1.09. The van der Waals surface area contributed by atoms with E-state index in [9.17, 15) is 4.79 Å². The summed E-state index contributed by atoms with van der Waals surface area (Å²) in [6.07, 6.45) is 4.12. The summed E-state index contributed by atoms with van der Waals surface area (Å²) < 4.78 is 1.45. The molecule has 0 bridgehead atoms. The molecule has 0 aliphatic carbocycles. The smallest absolute Gasteiger partial charge is 0.288 e. The van der Waals surface area contributed by atoms with Crippen LogP contribution in [0, 0.1) is 11.3 Å². The average molecular weight is 198 g/mol. The van der Waals surface area contributed by atoms with E-state index in [1.807, 2.05) is 6.07 Å². The van der Waals surface area contributed by atoms with E-state index in [1.54, 1.807) is 6.20 Å². The number of unbranched alkanes of at least 4 members (excludes halogenated alkanes) is 1. The van der Waals surface area contributed by atoms with Gasteiger partial charge < -0.3 is 4.57 Å². The molecule has 0 aliphatic rings. The molecule has 0 saturated heterocycles. The average Bonchev–Trinajstić information content (AvgIpc) is 2.13. The minimum absolute atomic E-state index is 0.0283. The summed E-state index contributed by atoms with van der Waals surface area (Å²) in [5, 5.41) is 8.26. The summed E-state index contributed by atoms with van der Waals surface area (Å²) in [7, 11) is 0. The maximum absolute atomic E-state index is 11.2. The lowest BCUT2D eigenvalue weighted by atomic mass is 10.3. The zero-order valence-electron chi connectivity index (χ0n) is 6.90. The van der Waals surface area contributed by atoms with Gasteiger partial charge in [0.15, 0.2) is 5.15 Å². The van der Waals surface area contributed by atoms with Gasteiger partial charge in [-0.15, -0.1) is 0 Å². The minimum Gasteiger partial charge on any atom is -0.311 e. The molecule has 4 nitrogen and oxygen atoms in total. The molecular formula is C8H8ClN3O. The molecule has 0 fully saturated rings. The Kier molecular flexibility index (Phi) is 3.47. The van der Waals surface area contributed by atoms with Gasteiger partial charge in [-0.3, -0.25) is 4.79 Å². The van der Waals surface area contributed by atoms with Crippen molar-refractivity contribution in [1.82, 2.24) is 9.55 Å². The Balaban J connectivity index is 2.73. The van der Waals surface area contributed by atoms with Gasteiger partial charge >= 0.3 is 0 Å². The predicted octanol–water partition coefficient (Wildman–Crippen LogP) is 1.20. The maximum atomic E-state index is 11.2. The number of hydrogen-bond acceptors (Lipinski definition) is 3. The van der Waals surface area contributed by atoms with Crippen LogP contribution in [-0.4, -0.2) is 9.55 Å². The van der Waals surface area contributed by atoms with Crippen LogP contribution in [-0.2, 0) is 6.54 Å². The molecule has 13 heavy (non-hydrogen) atoms. The number of rotatable bonds is 3.